The van der Waals surface area contributed by atoms with Gasteiger partial charge < -0.3 is 5.11 Å². The first-order valence-electron chi connectivity index (χ1n) is 6.15. The summed E-state index contributed by atoms with van der Waals surface area (Å²) in [6.45, 7) is 2.94. The van der Waals surface area contributed by atoms with Gasteiger partial charge in [0.05, 0.1) is 4.92 Å². The van der Waals surface area contributed by atoms with Gasteiger partial charge in [-0.3, -0.25) is 14.9 Å². The normalized spacial score (nSPS) is 14.4. The Kier molecular flexibility index (Phi) is 5.02. The van der Waals surface area contributed by atoms with Gasteiger partial charge in [0, 0.05) is 6.07 Å². The summed E-state index contributed by atoms with van der Waals surface area (Å²) in [5.41, 5.74) is -2.33. The van der Waals surface area contributed by atoms with Crippen LogP contribution in [0.15, 0.2) is 29.2 Å². The molecule has 8 nitrogen and oxygen atoms in total. The van der Waals surface area contributed by atoms with Crippen LogP contribution in [-0.4, -0.2) is 30.0 Å². The molecular formula is C12H16N2O6S. The van der Waals surface area contributed by atoms with Crippen molar-refractivity contribution in [3.05, 3.63) is 34.4 Å². The van der Waals surface area contributed by atoms with Crippen molar-refractivity contribution in [3.63, 3.8) is 0 Å². The second-order valence-corrected chi connectivity index (χ2v) is 6.37. The van der Waals surface area contributed by atoms with E-state index in [1.54, 1.807) is 6.92 Å². The van der Waals surface area contributed by atoms with Crippen molar-refractivity contribution in [1.29, 1.82) is 0 Å². The minimum absolute atomic E-state index is 0.0577. The predicted octanol–water partition coefficient (Wildman–Crippen LogP) is 1.52. The van der Waals surface area contributed by atoms with E-state index in [1.807, 2.05) is 4.72 Å². The van der Waals surface area contributed by atoms with E-state index in [2.05, 4.69) is 0 Å². The molecule has 2 N–H and O–H groups in total. The van der Waals surface area contributed by atoms with Crippen molar-refractivity contribution < 1.29 is 23.2 Å². The molecule has 1 unspecified atom stereocenters. The zero-order chi connectivity index (χ0) is 16.3. The second kappa shape index (κ2) is 6.19. The average Bonchev–Trinajstić information content (AvgIpc) is 2.38. The van der Waals surface area contributed by atoms with Gasteiger partial charge in [0.25, 0.3) is 5.69 Å². The fraction of sp³-hybridized carbons (Fsp3) is 0.417. The Labute approximate surface area is 122 Å². The molecule has 0 saturated heterocycles. The molecule has 0 spiro atoms. The van der Waals surface area contributed by atoms with E-state index in [-0.39, 0.29) is 6.42 Å². The molecule has 0 saturated carbocycles. The lowest BCUT2D eigenvalue weighted by molar-refractivity contribution is -0.387. The number of para-hydroxylation sites is 1. The maximum Gasteiger partial charge on any atom is 0.324 e. The lowest BCUT2D eigenvalue weighted by Gasteiger charge is -2.25. The number of carbonyl (C=O) groups is 1. The van der Waals surface area contributed by atoms with Crippen molar-refractivity contribution in [2.24, 2.45) is 0 Å². The number of aliphatic carboxylic acids is 1. The van der Waals surface area contributed by atoms with Crippen LogP contribution in [0.4, 0.5) is 5.69 Å². The molecule has 116 valence electrons. The Bertz CT molecular complexity index is 657. The fourth-order valence-corrected chi connectivity index (χ4v) is 3.46. The predicted molar refractivity (Wildman–Crippen MR) is 74.4 cm³/mol. The topological polar surface area (TPSA) is 127 Å². The summed E-state index contributed by atoms with van der Waals surface area (Å²) >= 11 is 0. The van der Waals surface area contributed by atoms with Gasteiger partial charge in [-0.25, -0.2) is 8.42 Å². The minimum Gasteiger partial charge on any atom is -0.480 e. The Morgan fingerprint density at radius 1 is 1.43 bits per heavy atom. The van der Waals surface area contributed by atoms with Gasteiger partial charge in [0.2, 0.25) is 10.0 Å². The van der Waals surface area contributed by atoms with Crippen LogP contribution in [0.2, 0.25) is 0 Å². The summed E-state index contributed by atoms with van der Waals surface area (Å²) in [7, 11) is -4.33. The van der Waals surface area contributed by atoms with E-state index < -0.39 is 37.0 Å². The molecule has 1 rings (SSSR count). The van der Waals surface area contributed by atoms with Crippen LogP contribution in [0.5, 0.6) is 0 Å². The summed E-state index contributed by atoms with van der Waals surface area (Å²) in [5, 5.41) is 20.1. The van der Waals surface area contributed by atoms with Crippen molar-refractivity contribution in [2.45, 2.75) is 37.1 Å². The molecule has 0 radical (unpaired) electrons. The van der Waals surface area contributed by atoms with E-state index in [0.717, 1.165) is 12.1 Å². The van der Waals surface area contributed by atoms with Gasteiger partial charge >= 0.3 is 5.97 Å². The van der Waals surface area contributed by atoms with Gasteiger partial charge in [-0.1, -0.05) is 25.5 Å². The molecule has 1 atom stereocenters. The second-order valence-electron chi connectivity index (χ2n) is 4.72. The number of carboxylic acid groups (broad SMARTS) is 1. The molecular weight excluding hydrogens is 300 g/mol. The van der Waals surface area contributed by atoms with Crippen LogP contribution >= 0.6 is 0 Å². The van der Waals surface area contributed by atoms with Crippen LogP contribution in [-0.2, 0) is 14.8 Å². The number of sulfonamides is 1. The Morgan fingerprint density at radius 3 is 2.48 bits per heavy atom. The Balaban J connectivity index is 3.30. The van der Waals surface area contributed by atoms with Crippen LogP contribution in [0, 0.1) is 10.1 Å². The zero-order valence-electron chi connectivity index (χ0n) is 11.6. The standard InChI is InChI=1S/C12H16N2O6S/c1-3-8-12(2,11(15)16)13-21(19,20)10-7-5-4-6-9(10)14(17)18/h4-7,13H,3,8H2,1-2H3,(H,15,16). The maximum absolute atomic E-state index is 12.3. The van der Waals surface area contributed by atoms with E-state index in [4.69, 9.17) is 0 Å². The SMILES string of the molecule is CCCC(C)(NS(=O)(=O)c1ccccc1[N+](=O)[O-])C(=O)O. The largest absolute Gasteiger partial charge is 0.480 e. The third kappa shape index (κ3) is 3.76. The Hall–Kier alpha value is -2.00. The number of nitro groups is 1. The fourth-order valence-electron chi connectivity index (χ4n) is 1.89. The van der Waals surface area contributed by atoms with Crippen LogP contribution in [0.1, 0.15) is 26.7 Å². The third-order valence-corrected chi connectivity index (χ3v) is 4.58. The van der Waals surface area contributed by atoms with Crippen molar-refractivity contribution in [2.75, 3.05) is 0 Å². The first kappa shape index (κ1) is 17.1. The molecule has 0 heterocycles. The highest BCUT2D eigenvalue weighted by molar-refractivity contribution is 7.89. The molecule has 1 aromatic rings. The summed E-state index contributed by atoms with van der Waals surface area (Å²) in [6, 6.07) is 4.78. The highest BCUT2D eigenvalue weighted by Gasteiger charge is 2.39. The number of nitro benzene ring substituents is 1. The van der Waals surface area contributed by atoms with E-state index in [9.17, 15) is 28.4 Å². The molecule has 0 aliphatic heterocycles. The quantitative estimate of drug-likeness (QED) is 0.580. The van der Waals surface area contributed by atoms with Gasteiger partial charge in [-0.2, -0.15) is 4.72 Å². The smallest absolute Gasteiger partial charge is 0.324 e. The first-order valence-corrected chi connectivity index (χ1v) is 7.63. The van der Waals surface area contributed by atoms with Crippen LogP contribution < -0.4 is 4.72 Å². The number of rotatable bonds is 7. The highest BCUT2D eigenvalue weighted by atomic mass is 32.2. The number of nitrogens with zero attached hydrogens (tertiary/aromatic N) is 1. The highest BCUT2D eigenvalue weighted by Crippen LogP contribution is 2.25. The van der Waals surface area contributed by atoms with E-state index in [0.29, 0.717) is 6.42 Å². The average molecular weight is 316 g/mol. The summed E-state index contributed by atoms with van der Waals surface area (Å²) in [5.74, 6) is -1.34. The molecule has 0 aliphatic carbocycles. The van der Waals surface area contributed by atoms with Gasteiger partial charge in [-0.15, -0.1) is 0 Å². The minimum atomic E-state index is -4.33. The number of nitrogens with one attached hydrogen (secondary N) is 1. The van der Waals surface area contributed by atoms with Crippen LogP contribution in [0.3, 0.4) is 0 Å². The monoisotopic (exact) mass is 316 g/mol. The molecule has 0 aromatic heterocycles. The molecule has 21 heavy (non-hydrogen) atoms. The van der Waals surface area contributed by atoms with E-state index >= 15 is 0 Å². The molecule has 0 aliphatic rings. The number of hydrogen-bond acceptors (Lipinski definition) is 5. The third-order valence-electron chi connectivity index (χ3n) is 2.93. The number of hydrogen-bond donors (Lipinski definition) is 2. The summed E-state index contributed by atoms with van der Waals surface area (Å²) in [6.07, 6.45) is 0.490. The lowest BCUT2D eigenvalue weighted by Crippen LogP contribution is -2.52. The van der Waals surface area contributed by atoms with Crippen molar-refractivity contribution >= 4 is 21.7 Å². The van der Waals surface area contributed by atoms with Crippen LogP contribution in [0.25, 0.3) is 0 Å². The van der Waals surface area contributed by atoms with Gasteiger partial charge in [-0.05, 0) is 19.4 Å². The van der Waals surface area contributed by atoms with Crippen molar-refractivity contribution in [1.82, 2.24) is 4.72 Å². The first-order chi connectivity index (χ1) is 9.64. The molecule has 0 bridgehead atoms. The van der Waals surface area contributed by atoms with Gasteiger partial charge in [0.1, 0.15) is 5.54 Å². The number of carboxylic acids is 1. The maximum atomic E-state index is 12.3. The molecule has 9 heteroatoms. The summed E-state index contributed by atoms with van der Waals surface area (Å²) < 4.78 is 26.6. The zero-order valence-corrected chi connectivity index (χ0v) is 12.4. The summed E-state index contributed by atoms with van der Waals surface area (Å²) in [4.78, 5) is 20.8. The Morgan fingerprint density at radius 2 is 2.00 bits per heavy atom. The van der Waals surface area contributed by atoms with Crippen molar-refractivity contribution in [3.8, 4) is 0 Å². The van der Waals surface area contributed by atoms with E-state index in [1.165, 1.54) is 19.1 Å². The molecule has 0 fully saturated rings. The van der Waals surface area contributed by atoms with Gasteiger partial charge in [0.15, 0.2) is 4.90 Å². The molecule has 0 amide bonds. The number of benzene rings is 1. The lowest BCUT2D eigenvalue weighted by atomic mass is 9.98. The molecule has 1 aromatic carbocycles.